The van der Waals surface area contributed by atoms with Gasteiger partial charge in [0.05, 0.1) is 12.1 Å². The van der Waals surface area contributed by atoms with Crippen LogP contribution in [0.25, 0.3) is 11.4 Å². The van der Waals surface area contributed by atoms with Gasteiger partial charge in [-0.3, -0.25) is 9.89 Å². The molecule has 0 unspecified atom stereocenters. The minimum absolute atomic E-state index is 0.159. The van der Waals surface area contributed by atoms with E-state index in [4.69, 9.17) is 23.2 Å². The average molecular weight is 426 g/mol. The van der Waals surface area contributed by atoms with Crippen molar-refractivity contribution in [3.8, 4) is 11.4 Å². The molecule has 0 radical (unpaired) electrons. The number of anilines is 1. The molecule has 2 aromatic carbocycles. The number of nitrogens with one attached hydrogen (secondary N) is 2. The Bertz CT molecular complexity index is 864. The fraction of sp³-hybridized carbons (Fsp3) is 0.0625. The highest BCUT2D eigenvalue weighted by Crippen LogP contribution is 2.28. The van der Waals surface area contributed by atoms with Crippen molar-refractivity contribution in [3.63, 3.8) is 0 Å². The van der Waals surface area contributed by atoms with Crippen molar-refractivity contribution in [2.24, 2.45) is 0 Å². The second kappa shape index (κ2) is 7.34. The minimum atomic E-state index is -0.184. The van der Waals surface area contributed by atoms with Gasteiger partial charge in [-0.05, 0) is 42.0 Å². The van der Waals surface area contributed by atoms with E-state index in [0.717, 1.165) is 15.6 Å². The first-order valence-corrected chi connectivity index (χ1v) is 8.46. The molecular formula is C16H11BrCl2N4O. The molecule has 0 aliphatic heterocycles. The van der Waals surface area contributed by atoms with Crippen LogP contribution in [0.2, 0.25) is 10.0 Å². The van der Waals surface area contributed by atoms with E-state index in [1.807, 2.05) is 12.1 Å². The number of rotatable bonds is 4. The lowest BCUT2D eigenvalue weighted by Crippen LogP contribution is -2.15. The third kappa shape index (κ3) is 4.14. The van der Waals surface area contributed by atoms with E-state index in [2.05, 4.69) is 36.4 Å². The van der Waals surface area contributed by atoms with E-state index in [-0.39, 0.29) is 12.3 Å². The number of amides is 1. The Morgan fingerprint density at radius 2 is 1.92 bits per heavy atom. The fourth-order valence-corrected chi connectivity index (χ4v) is 3.18. The predicted molar refractivity (Wildman–Crippen MR) is 98.3 cm³/mol. The number of aromatic amines is 1. The maximum absolute atomic E-state index is 12.4. The number of carbonyl (C=O) groups is 1. The molecule has 0 saturated heterocycles. The van der Waals surface area contributed by atoms with E-state index in [9.17, 15) is 4.79 Å². The van der Waals surface area contributed by atoms with Gasteiger partial charge in [0.15, 0.2) is 5.82 Å². The van der Waals surface area contributed by atoms with Crippen LogP contribution in [0.15, 0.2) is 47.2 Å². The lowest BCUT2D eigenvalue weighted by atomic mass is 10.1. The van der Waals surface area contributed by atoms with Crippen molar-refractivity contribution in [2.45, 2.75) is 6.42 Å². The summed E-state index contributed by atoms with van der Waals surface area (Å²) in [6, 6.07) is 10.5. The molecule has 0 spiro atoms. The highest BCUT2D eigenvalue weighted by atomic mass is 79.9. The molecule has 5 nitrogen and oxygen atoms in total. The molecule has 0 fully saturated rings. The first kappa shape index (κ1) is 17.0. The minimum Gasteiger partial charge on any atom is -0.325 e. The van der Waals surface area contributed by atoms with E-state index in [1.54, 1.807) is 24.3 Å². The van der Waals surface area contributed by atoms with Crippen LogP contribution in [0.4, 0.5) is 5.69 Å². The van der Waals surface area contributed by atoms with Crippen molar-refractivity contribution in [3.05, 3.63) is 62.8 Å². The molecule has 8 heteroatoms. The van der Waals surface area contributed by atoms with Gasteiger partial charge in [0.25, 0.3) is 0 Å². The number of carbonyl (C=O) groups excluding carboxylic acids is 1. The highest BCUT2D eigenvalue weighted by molar-refractivity contribution is 9.10. The Morgan fingerprint density at radius 3 is 2.58 bits per heavy atom. The second-order valence-corrected chi connectivity index (χ2v) is 6.82. The molecule has 3 aromatic rings. The molecule has 0 aliphatic rings. The molecule has 0 bridgehead atoms. The Kier molecular flexibility index (Phi) is 5.18. The van der Waals surface area contributed by atoms with E-state index in [0.29, 0.717) is 21.6 Å². The molecule has 1 amide bonds. The highest BCUT2D eigenvalue weighted by Gasteiger charge is 2.12. The summed E-state index contributed by atoms with van der Waals surface area (Å²) in [6.07, 6.45) is 1.57. The molecule has 1 aromatic heterocycles. The Balaban J connectivity index is 1.82. The van der Waals surface area contributed by atoms with Crippen LogP contribution in [-0.2, 0) is 11.2 Å². The third-order valence-corrected chi connectivity index (χ3v) is 4.14. The summed E-state index contributed by atoms with van der Waals surface area (Å²) in [5.41, 5.74) is 2.11. The molecule has 0 atom stereocenters. The van der Waals surface area contributed by atoms with Gasteiger partial charge < -0.3 is 5.32 Å². The largest absolute Gasteiger partial charge is 0.325 e. The number of hydrogen-bond donors (Lipinski definition) is 2. The van der Waals surface area contributed by atoms with E-state index >= 15 is 0 Å². The van der Waals surface area contributed by atoms with Crippen molar-refractivity contribution in [1.82, 2.24) is 15.2 Å². The predicted octanol–water partition coefficient (Wildman–Crippen LogP) is 4.72. The monoisotopic (exact) mass is 424 g/mol. The summed E-state index contributed by atoms with van der Waals surface area (Å²) in [5, 5.41) is 10.5. The number of benzene rings is 2. The van der Waals surface area contributed by atoms with Crippen LogP contribution in [-0.4, -0.2) is 21.1 Å². The van der Waals surface area contributed by atoms with E-state index < -0.39 is 0 Å². The lowest BCUT2D eigenvalue weighted by Gasteiger charge is -2.10. The standard InChI is InChI=1S/C16H11BrCl2N4O/c17-10-1-2-14(13(6-10)16-20-8-21-23-16)22-15(24)5-9-3-11(18)7-12(19)4-9/h1-4,6-8H,5H2,(H,22,24)(H,20,21,23). The smallest absolute Gasteiger partial charge is 0.228 e. The van der Waals surface area contributed by atoms with Crippen molar-refractivity contribution in [2.75, 3.05) is 5.32 Å². The summed E-state index contributed by atoms with van der Waals surface area (Å²) < 4.78 is 0.869. The van der Waals surface area contributed by atoms with Gasteiger partial charge in [0, 0.05) is 20.1 Å². The van der Waals surface area contributed by atoms with Gasteiger partial charge >= 0.3 is 0 Å². The third-order valence-electron chi connectivity index (χ3n) is 3.21. The maximum Gasteiger partial charge on any atom is 0.228 e. The number of H-pyrrole nitrogens is 1. The van der Waals surface area contributed by atoms with Crippen molar-refractivity contribution >= 4 is 50.7 Å². The van der Waals surface area contributed by atoms with Gasteiger partial charge in [0.1, 0.15) is 6.33 Å². The van der Waals surface area contributed by atoms with Gasteiger partial charge in [-0.25, -0.2) is 4.98 Å². The summed E-state index contributed by atoms with van der Waals surface area (Å²) in [5.74, 6) is 0.383. The Hall–Kier alpha value is -1.89. The number of aromatic nitrogens is 3. The van der Waals surface area contributed by atoms with E-state index in [1.165, 1.54) is 6.33 Å². The normalized spacial score (nSPS) is 10.6. The second-order valence-electron chi connectivity index (χ2n) is 5.03. The number of hydrogen-bond acceptors (Lipinski definition) is 3. The topological polar surface area (TPSA) is 70.7 Å². The van der Waals surface area contributed by atoms with Crippen LogP contribution in [0.5, 0.6) is 0 Å². The first-order valence-electron chi connectivity index (χ1n) is 6.91. The SMILES string of the molecule is O=C(Cc1cc(Cl)cc(Cl)c1)Nc1ccc(Br)cc1-c1ncn[nH]1. The van der Waals surface area contributed by atoms with Crippen LogP contribution >= 0.6 is 39.1 Å². The van der Waals surface area contributed by atoms with Crippen molar-refractivity contribution in [1.29, 1.82) is 0 Å². The zero-order valence-electron chi connectivity index (χ0n) is 12.2. The van der Waals surface area contributed by atoms with Crippen molar-refractivity contribution < 1.29 is 4.79 Å². The lowest BCUT2D eigenvalue weighted by molar-refractivity contribution is -0.115. The Morgan fingerprint density at radius 1 is 1.17 bits per heavy atom. The number of halogens is 3. The summed E-state index contributed by atoms with van der Waals surface area (Å²) in [6.45, 7) is 0. The Labute approximate surface area is 156 Å². The van der Waals surface area contributed by atoms with Gasteiger partial charge in [-0.2, -0.15) is 5.10 Å². The summed E-state index contributed by atoms with van der Waals surface area (Å²) >= 11 is 15.3. The molecule has 1 heterocycles. The summed E-state index contributed by atoms with van der Waals surface area (Å²) in [7, 11) is 0. The molecule has 0 saturated carbocycles. The van der Waals surface area contributed by atoms with Gasteiger partial charge in [-0.15, -0.1) is 0 Å². The van der Waals surface area contributed by atoms with Crippen LogP contribution in [0.1, 0.15) is 5.56 Å². The fourth-order valence-electron chi connectivity index (χ4n) is 2.25. The zero-order valence-corrected chi connectivity index (χ0v) is 15.3. The van der Waals surface area contributed by atoms with Crippen LogP contribution < -0.4 is 5.32 Å². The van der Waals surface area contributed by atoms with Crippen LogP contribution in [0.3, 0.4) is 0 Å². The average Bonchev–Trinajstić information content (AvgIpc) is 3.02. The van der Waals surface area contributed by atoms with Crippen LogP contribution in [0, 0.1) is 0 Å². The zero-order chi connectivity index (χ0) is 17.1. The molecule has 24 heavy (non-hydrogen) atoms. The maximum atomic E-state index is 12.4. The van der Waals surface area contributed by atoms with Gasteiger partial charge in [0.2, 0.25) is 5.91 Å². The molecule has 0 aliphatic carbocycles. The quantitative estimate of drug-likeness (QED) is 0.635. The van der Waals surface area contributed by atoms with Gasteiger partial charge in [-0.1, -0.05) is 39.1 Å². The molecule has 3 rings (SSSR count). The summed E-state index contributed by atoms with van der Waals surface area (Å²) in [4.78, 5) is 16.5. The molecular weight excluding hydrogens is 415 g/mol. The number of nitrogens with zero attached hydrogens (tertiary/aromatic N) is 2. The molecule has 122 valence electrons. The first-order chi connectivity index (χ1) is 11.5. The molecule has 2 N–H and O–H groups in total.